The Morgan fingerprint density at radius 1 is 1.57 bits per heavy atom. The molecule has 0 spiro atoms. The second-order valence-electron chi connectivity index (χ2n) is 2.72. The highest BCUT2D eigenvalue weighted by Crippen LogP contribution is 2.01. The number of nitrogens with two attached hydrogens (primary N) is 1. The minimum absolute atomic E-state index is 0.142. The molecule has 0 fully saturated rings. The van der Waals surface area contributed by atoms with Gasteiger partial charge in [0.25, 0.3) is 0 Å². The molecule has 0 radical (unpaired) electrons. The van der Waals surface area contributed by atoms with Gasteiger partial charge in [-0.1, -0.05) is 0 Å². The lowest BCUT2D eigenvalue weighted by atomic mass is 10.3. The van der Waals surface area contributed by atoms with Crippen LogP contribution in [0.15, 0.2) is 10.9 Å². The molecule has 0 aliphatic carbocycles. The van der Waals surface area contributed by atoms with Gasteiger partial charge in [0, 0.05) is 18.3 Å². The van der Waals surface area contributed by atoms with Gasteiger partial charge in [-0.15, -0.1) is 11.3 Å². The van der Waals surface area contributed by atoms with E-state index < -0.39 is 5.91 Å². The quantitative estimate of drug-likeness (QED) is 0.702. The van der Waals surface area contributed by atoms with Gasteiger partial charge < -0.3 is 11.1 Å². The lowest BCUT2D eigenvalue weighted by molar-refractivity contribution is -0.120. The summed E-state index contributed by atoms with van der Waals surface area (Å²) in [4.78, 5) is 25.5. The number of nitrogens with one attached hydrogen (secondary N) is 1. The summed E-state index contributed by atoms with van der Waals surface area (Å²) < 4.78 is 0. The van der Waals surface area contributed by atoms with Crippen molar-refractivity contribution in [3.05, 3.63) is 16.6 Å². The third-order valence-corrected chi connectivity index (χ3v) is 2.15. The molecule has 1 heterocycles. The third-order valence-electron chi connectivity index (χ3n) is 1.52. The third kappa shape index (κ3) is 3.99. The van der Waals surface area contributed by atoms with E-state index in [1.165, 1.54) is 11.3 Å². The van der Waals surface area contributed by atoms with Crippen LogP contribution < -0.4 is 11.1 Å². The Labute approximate surface area is 85.3 Å². The van der Waals surface area contributed by atoms with Crippen molar-refractivity contribution in [2.75, 3.05) is 6.54 Å². The number of hydrogen-bond acceptors (Lipinski definition) is 4. The molecule has 6 heteroatoms. The average molecular weight is 213 g/mol. The predicted octanol–water partition coefficient (Wildman–Crippen LogP) is -0.323. The number of carbonyl (C=O) groups excluding carboxylic acids is 2. The van der Waals surface area contributed by atoms with E-state index in [0.717, 1.165) is 5.69 Å². The number of thiazole rings is 1. The van der Waals surface area contributed by atoms with Crippen LogP contribution in [0.5, 0.6) is 0 Å². The van der Waals surface area contributed by atoms with Gasteiger partial charge in [-0.05, 0) is 0 Å². The van der Waals surface area contributed by atoms with Gasteiger partial charge in [0.2, 0.25) is 11.8 Å². The zero-order chi connectivity index (χ0) is 10.4. The number of rotatable bonds is 5. The molecule has 1 aromatic heterocycles. The summed E-state index contributed by atoms with van der Waals surface area (Å²) in [7, 11) is 0. The number of carbonyl (C=O) groups is 2. The molecule has 2 amide bonds. The van der Waals surface area contributed by atoms with Crippen LogP contribution in [-0.2, 0) is 16.0 Å². The van der Waals surface area contributed by atoms with Crippen molar-refractivity contribution in [3.63, 3.8) is 0 Å². The minimum atomic E-state index is -0.418. The largest absolute Gasteiger partial charge is 0.370 e. The molecule has 76 valence electrons. The molecule has 0 aromatic carbocycles. The highest BCUT2D eigenvalue weighted by atomic mass is 32.1. The van der Waals surface area contributed by atoms with Crippen LogP contribution in [-0.4, -0.2) is 23.3 Å². The maximum Gasteiger partial charge on any atom is 0.226 e. The summed E-state index contributed by atoms with van der Waals surface area (Å²) in [5.41, 5.74) is 7.33. The maximum absolute atomic E-state index is 11.2. The van der Waals surface area contributed by atoms with Crippen LogP contribution >= 0.6 is 11.3 Å². The van der Waals surface area contributed by atoms with Gasteiger partial charge in [-0.3, -0.25) is 9.59 Å². The molecular weight excluding hydrogens is 202 g/mol. The summed E-state index contributed by atoms with van der Waals surface area (Å²) in [6, 6.07) is 0. The number of aromatic nitrogens is 1. The zero-order valence-corrected chi connectivity index (χ0v) is 8.34. The first-order valence-corrected chi connectivity index (χ1v) is 5.05. The van der Waals surface area contributed by atoms with Gasteiger partial charge in [-0.25, -0.2) is 4.98 Å². The van der Waals surface area contributed by atoms with Crippen LogP contribution in [0.25, 0.3) is 0 Å². The normalized spacial score (nSPS) is 9.71. The number of amides is 2. The van der Waals surface area contributed by atoms with Crippen molar-refractivity contribution < 1.29 is 9.59 Å². The van der Waals surface area contributed by atoms with E-state index in [-0.39, 0.29) is 25.3 Å². The van der Waals surface area contributed by atoms with Crippen molar-refractivity contribution in [3.8, 4) is 0 Å². The Morgan fingerprint density at radius 3 is 2.93 bits per heavy atom. The highest BCUT2D eigenvalue weighted by molar-refractivity contribution is 7.07. The second-order valence-corrected chi connectivity index (χ2v) is 3.44. The SMILES string of the molecule is NC(=O)CCNC(=O)Cc1cscn1. The van der Waals surface area contributed by atoms with Crippen LogP contribution in [0, 0.1) is 0 Å². The maximum atomic E-state index is 11.2. The summed E-state index contributed by atoms with van der Waals surface area (Å²) in [6.07, 6.45) is 0.422. The van der Waals surface area contributed by atoms with E-state index in [0.29, 0.717) is 0 Å². The topological polar surface area (TPSA) is 85.1 Å². The van der Waals surface area contributed by atoms with Crippen LogP contribution in [0.2, 0.25) is 0 Å². The first kappa shape index (κ1) is 10.6. The molecule has 0 saturated heterocycles. The fourth-order valence-electron chi connectivity index (χ4n) is 0.877. The number of primary amides is 1. The highest BCUT2D eigenvalue weighted by Gasteiger charge is 2.04. The van der Waals surface area contributed by atoms with Crippen molar-refractivity contribution >= 4 is 23.2 Å². The zero-order valence-electron chi connectivity index (χ0n) is 7.53. The van der Waals surface area contributed by atoms with E-state index in [1.807, 2.05) is 5.38 Å². The molecule has 0 atom stereocenters. The fraction of sp³-hybridized carbons (Fsp3) is 0.375. The predicted molar refractivity (Wildman–Crippen MR) is 52.6 cm³/mol. The van der Waals surface area contributed by atoms with Crippen LogP contribution in [0.4, 0.5) is 0 Å². The van der Waals surface area contributed by atoms with Crippen molar-refractivity contribution in [2.24, 2.45) is 5.73 Å². The smallest absolute Gasteiger partial charge is 0.226 e. The Balaban J connectivity index is 2.20. The second kappa shape index (κ2) is 5.33. The van der Waals surface area contributed by atoms with Gasteiger partial charge in [-0.2, -0.15) is 0 Å². The van der Waals surface area contributed by atoms with Gasteiger partial charge >= 0.3 is 0 Å². The van der Waals surface area contributed by atoms with Gasteiger partial charge in [0.15, 0.2) is 0 Å². The lowest BCUT2D eigenvalue weighted by Crippen LogP contribution is -2.29. The molecule has 0 unspecified atom stereocenters. The van der Waals surface area contributed by atoms with Crippen molar-refractivity contribution in [1.82, 2.24) is 10.3 Å². The molecule has 14 heavy (non-hydrogen) atoms. The molecule has 1 aromatic rings. The van der Waals surface area contributed by atoms with E-state index >= 15 is 0 Å². The van der Waals surface area contributed by atoms with Crippen molar-refractivity contribution in [1.29, 1.82) is 0 Å². The molecule has 1 rings (SSSR count). The Bertz CT molecular complexity index is 310. The summed E-state index contributed by atoms with van der Waals surface area (Å²) in [5.74, 6) is -0.559. The molecular formula is C8H11N3O2S. The molecule has 3 N–H and O–H groups in total. The molecule has 0 aliphatic heterocycles. The van der Waals surface area contributed by atoms with Gasteiger partial charge in [0.05, 0.1) is 17.6 Å². The molecule has 0 saturated carbocycles. The first-order chi connectivity index (χ1) is 6.68. The fourth-order valence-corrected chi connectivity index (χ4v) is 1.44. The molecule has 0 aliphatic rings. The van der Waals surface area contributed by atoms with E-state index in [2.05, 4.69) is 10.3 Å². The Morgan fingerprint density at radius 2 is 2.36 bits per heavy atom. The molecule has 5 nitrogen and oxygen atoms in total. The molecule has 0 bridgehead atoms. The van der Waals surface area contributed by atoms with Crippen LogP contribution in [0.1, 0.15) is 12.1 Å². The monoisotopic (exact) mass is 213 g/mol. The van der Waals surface area contributed by atoms with Crippen LogP contribution in [0.3, 0.4) is 0 Å². The average Bonchev–Trinajstić information content (AvgIpc) is 2.56. The van der Waals surface area contributed by atoms with E-state index in [4.69, 9.17) is 5.73 Å². The van der Waals surface area contributed by atoms with Crippen molar-refractivity contribution in [2.45, 2.75) is 12.8 Å². The minimum Gasteiger partial charge on any atom is -0.370 e. The number of hydrogen-bond donors (Lipinski definition) is 2. The summed E-state index contributed by atoms with van der Waals surface area (Å²) >= 11 is 1.45. The standard InChI is InChI=1S/C8H11N3O2S/c9-7(12)1-2-10-8(13)3-6-4-14-5-11-6/h4-5H,1-3H2,(H2,9,12)(H,10,13). The lowest BCUT2D eigenvalue weighted by Gasteiger charge is -2.01. The first-order valence-electron chi connectivity index (χ1n) is 4.10. The number of nitrogens with zero attached hydrogens (tertiary/aromatic N) is 1. The Kier molecular flexibility index (Phi) is 4.06. The summed E-state index contributed by atoms with van der Waals surface area (Å²) in [6.45, 7) is 0.290. The summed E-state index contributed by atoms with van der Waals surface area (Å²) in [5, 5.41) is 4.39. The van der Waals surface area contributed by atoms with E-state index in [1.54, 1.807) is 5.51 Å². The van der Waals surface area contributed by atoms with Gasteiger partial charge in [0.1, 0.15) is 0 Å². The van der Waals surface area contributed by atoms with E-state index in [9.17, 15) is 9.59 Å². The Hall–Kier alpha value is -1.43.